The number of sulfonamides is 1. The minimum absolute atomic E-state index is 0.0235. The summed E-state index contributed by atoms with van der Waals surface area (Å²) >= 11 is 0. The lowest BCUT2D eigenvalue weighted by atomic mass is 10.1. The number of rotatable bonds is 8. The molecule has 156 valence electrons. The van der Waals surface area contributed by atoms with Crippen molar-refractivity contribution in [3.05, 3.63) is 59.7 Å². The van der Waals surface area contributed by atoms with Crippen molar-refractivity contribution in [1.82, 2.24) is 9.62 Å². The zero-order valence-corrected chi connectivity index (χ0v) is 18.1. The molecule has 0 saturated heterocycles. The maximum Gasteiger partial charge on any atom is 0.240 e. The number of nitrogens with one attached hydrogen (secondary N) is 1. The van der Waals surface area contributed by atoms with Crippen LogP contribution in [0.15, 0.2) is 53.4 Å². The molecule has 1 aliphatic rings. The Morgan fingerprint density at radius 3 is 2.62 bits per heavy atom. The number of hydrogen-bond acceptors (Lipinski definition) is 4. The van der Waals surface area contributed by atoms with Crippen molar-refractivity contribution in [1.29, 1.82) is 0 Å². The van der Waals surface area contributed by atoms with Crippen molar-refractivity contribution in [2.45, 2.75) is 44.2 Å². The standard InChI is InChI=1S/C22H29N3O3S/c1-17-14-20-15-21(10-11-22(20)25(17)18(2)26)29(27,28)23-12-7-13-24(3)16-19-8-5-4-6-9-19/h4-6,8-11,15,17,23H,7,12-14,16H2,1-3H3. The molecular weight excluding hydrogens is 386 g/mol. The number of benzene rings is 2. The minimum atomic E-state index is -3.57. The van der Waals surface area contributed by atoms with Crippen molar-refractivity contribution in [3.8, 4) is 0 Å². The van der Waals surface area contributed by atoms with Gasteiger partial charge in [0, 0.05) is 31.7 Å². The number of anilines is 1. The lowest BCUT2D eigenvalue weighted by molar-refractivity contribution is -0.116. The van der Waals surface area contributed by atoms with Crippen LogP contribution < -0.4 is 9.62 Å². The van der Waals surface area contributed by atoms with Crippen LogP contribution >= 0.6 is 0 Å². The largest absolute Gasteiger partial charge is 0.309 e. The highest BCUT2D eigenvalue weighted by Crippen LogP contribution is 2.33. The van der Waals surface area contributed by atoms with Gasteiger partial charge in [0.2, 0.25) is 15.9 Å². The maximum absolute atomic E-state index is 12.7. The van der Waals surface area contributed by atoms with Crippen molar-refractivity contribution in [2.75, 3.05) is 25.0 Å². The molecule has 0 spiro atoms. The van der Waals surface area contributed by atoms with Gasteiger partial charge in [0.05, 0.1) is 4.90 Å². The van der Waals surface area contributed by atoms with Gasteiger partial charge in [-0.05, 0) is 62.7 Å². The van der Waals surface area contributed by atoms with E-state index < -0.39 is 10.0 Å². The fourth-order valence-electron chi connectivity index (χ4n) is 3.87. The van der Waals surface area contributed by atoms with Gasteiger partial charge in [0.1, 0.15) is 0 Å². The second-order valence-electron chi connectivity index (χ2n) is 7.71. The van der Waals surface area contributed by atoms with Crippen LogP contribution in [0, 0.1) is 0 Å². The Hall–Kier alpha value is -2.22. The van der Waals surface area contributed by atoms with Crippen LogP contribution in [0.4, 0.5) is 5.69 Å². The second-order valence-corrected chi connectivity index (χ2v) is 9.47. The van der Waals surface area contributed by atoms with E-state index in [1.165, 1.54) is 12.5 Å². The first kappa shape index (κ1) is 21.5. The number of carbonyl (C=O) groups excluding carboxylic acids is 1. The zero-order chi connectivity index (χ0) is 21.0. The summed E-state index contributed by atoms with van der Waals surface area (Å²) < 4.78 is 28.0. The van der Waals surface area contributed by atoms with E-state index in [4.69, 9.17) is 0 Å². The van der Waals surface area contributed by atoms with Crippen LogP contribution in [0.25, 0.3) is 0 Å². The summed E-state index contributed by atoms with van der Waals surface area (Å²) in [6.45, 7) is 5.52. The van der Waals surface area contributed by atoms with Crippen LogP contribution in [0.2, 0.25) is 0 Å². The third-order valence-corrected chi connectivity index (χ3v) is 6.68. The summed E-state index contributed by atoms with van der Waals surface area (Å²) in [5, 5.41) is 0. The summed E-state index contributed by atoms with van der Waals surface area (Å²) in [5.74, 6) is -0.0235. The molecule has 1 unspecified atom stereocenters. The summed E-state index contributed by atoms with van der Waals surface area (Å²) in [4.78, 5) is 16.0. The number of hydrogen-bond donors (Lipinski definition) is 1. The molecule has 0 aliphatic carbocycles. The Morgan fingerprint density at radius 2 is 1.93 bits per heavy atom. The first-order chi connectivity index (χ1) is 13.8. The van der Waals surface area contributed by atoms with Gasteiger partial charge >= 0.3 is 0 Å². The Kier molecular flexibility index (Phi) is 6.72. The molecule has 1 aliphatic heterocycles. The number of fused-ring (bicyclic) bond motifs is 1. The third-order valence-electron chi connectivity index (χ3n) is 5.22. The fraction of sp³-hybridized carbons (Fsp3) is 0.409. The summed E-state index contributed by atoms with van der Waals surface area (Å²) in [7, 11) is -1.53. The predicted molar refractivity (Wildman–Crippen MR) is 115 cm³/mol. The van der Waals surface area contributed by atoms with Crippen molar-refractivity contribution in [3.63, 3.8) is 0 Å². The van der Waals surface area contributed by atoms with E-state index in [9.17, 15) is 13.2 Å². The predicted octanol–water partition coefficient (Wildman–Crippen LogP) is 2.78. The fourth-order valence-corrected chi connectivity index (χ4v) is 4.99. The molecule has 2 aromatic carbocycles. The highest BCUT2D eigenvalue weighted by Gasteiger charge is 2.30. The molecule has 0 radical (unpaired) electrons. The van der Waals surface area contributed by atoms with Gasteiger partial charge in [-0.1, -0.05) is 30.3 Å². The normalized spacial score (nSPS) is 16.3. The van der Waals surface area contributed by atoms with Crippen molar-refractivity contribution in [2.24, 2.45) is 0 Å². The van der Waals surface area contributed by atoms with Gasteiger partial charge in [-0.15, -0.1) is 0 Å². The lowest BCUT2D eigenvalue weighted by Crippen LogP contribution is -2.33. The first-order valence-corrected chi connectivity index (χ1v) is 11.4. The molecule has 1 atom stereocenters. The second kappa shape index (κ2) is 9.07. The topological polar surface area (TPSA) is 69.7 Å². The molecule has 0 fully saturated rings. The molecule has 0 aromatic heterocycles. The molecule has 3 rings (SSSR count). The third kappa shape index (κ3) is 5.23. The molecular formula is C22H29N3O3S. The Labute approximate surface area is 173 Å². The molecule has 1 amide bonds. The van der Waals surface area contributed by atoms with E-state index in [0.29, 0.717) is 13.0 Å². The van der Waals surface area contributed by atoms with Gasteiger partial charge in [-0.2, -0.15) is 0 Å². The van der Waals surface area contributed by atoms with E-state index in [1.807, 2.05) is 32.2 Å². The quantitative estimate of drug-likeness (QED) is 0.673. The van der Waals surface area contributed by atoms with E-state index in [2.05, 4.69) is 21.8 Å². The van der Waals surface area contributed by atoms with Crippen LogP contribution in [-0.4, -0.2) is 45.4 Å². The van der Waals surface area contributed by atoms with E-state index in [-0.39, 0.29) is 16.8 Å². The van der Waals surface area contributed by atoms with E-state index >= 15 is 0 Å². The molecule has 7 heteroatoms. The molecule has 0 bridgehead atoms. The maximum atomic E-state index is 12.7. The number of amides is 1. The lowest BCUT2D eigenvalue weighted by Gasteiger charge is -2.20. The zero-order valence-electron chi connectivity index (χ0n) is 17.3. The highest BCUT2D eigenvalue weighted by atomic mass is 32.2. The molecule has 0 saturated carbocycles. The Balaban J connectivity index is 1.54. The summed E-state index contributed by atoms with van der Waals surface area (Å²) in [6, 6.07) is 15.3. The van der Waals surface area contributed by atoms with Crippen LogP contribution in [0.3, 0.4) is 0 Å². The van der Waals surface area contributed by atoms with Gasteiger partial charge in [-0.25, -0.2) is 13.1 Å². The Bertz CT molecular complexity index is 961. The van der Waals surface area contributed by atoms with Crippen molar-refractivity contribution >= 4 is 21.6 Å². The average molecular weight is 416 g/mol. The number of nitrogens with zero attached hydrogens (tertiary/aromatic N) is 2. The Morgan fingerprint density at radius 1 is 1.21 bits per heavy atom. The molecule has 1 N–H and O–H groups in total. The van der Waals surface area contributed by atoms with Gasteiger partial charge in [-0.3, -0.25) is 4.79 Å². The SMILES string of the molecule is CC(=O)N1c2ccc(S(=O)(=O)NCCCN(C)Cc3ccccc3)cc2CC1C. The van der Waals surface area contributed by atoms with Crippen molar-refractivity contribution < 1.29 is 13.2 Å². The average Bonchev–Trinajstić information content (AvgIpc) is 3.01. The molecule has 6 nitrogen and oxygen atoms in total. The monoisotopic (exact) mass is 415 g/mol. The van der Waals surface area contributed by atoms with E-state index in [0.717, 1.165) is 30.8 Å². The summed E-state index contributed by atoms with van der Waals surface area (Å²) in [6.07, 6.45) is 1.39. The van der Waals surface area contributed by atoms with Gasteiger partial charge < -0.3 is 9.80 Å². The van der Waals surface area contributed by atoms with Gasteiger partial charge in [0.25, 0.3) is 0 Å². The molecule has 29 heavy (non-hydrogen) atoms. The van der Waals surface area contributed by atoms with Gasteiger partial charge in [0.15, 0.2) is 0 Å². The first-order valence-electron chi connectivity index (χ1n) is 9.93. The smallest absolute Gasteiger partial charge is 0.240 e. The number of carbonyl (C=O) groups is 1. The minimum Gasteiger partial charge on any atom is -0.309 e. The summed E-state index contributed by atoms with van der Waals surface area (Å²) in [5.41, 5.74) is 2.95. The van der Waals surface area contributed by atoms with Crippen LogP contribution in [0.5, 0.6) is 0 Å². The van der Waals surface area contributed by atoms with Crippen LogP contribution in [-0.2, 0) is 27.8 Å². The molecule has 1 heterocycles. The molecule has 2 aromatic rings. The van der Waals surface area contributed by atoms with Crippen LogP contribution in [0.1, 0.15) is 31.4 Å². The highest BCUT2D eigenvalue weighted by molar-refractivity contribution is 7.89. The van der Waals surface area contributed by atoms with E-state index in [1.54, 1.807) is 23.1 Å².